The molecule has 0 aliphatic heterocycles. The molecule has 4 nitrogen and oxygen atoms in total. The van der Waals surface area contributed by atoms with Crippen LogP contribution in [0.3, 0.4) is 0 Å². The SMILES string of the molecule is COC1CCC(NC(C)C(=O)NC2CCCCC2)C1. The van der Waals surface area contributed by atoms with Crippen LogP contribution in [0.15, 0.2) is 0 Å². The van der Waals surface area contributed by atoms with Gasteiger partial charge in [0.1, 0.15) is 0 Å². The molecule has 0 aromatic rings. The van der Waals surface area contributed by atoms with Crippen LogP contribution in [0.1, 0.15) is 58.3 Å². The minimum atomic E-state index is -0.0949. The van der Waals surface area contributed by atoms with E-state index >= 15 is 0 Å². The van der Waals surface area contributed by atoms with E-state index in [1.54, 1.807) is 7.11 Å². The number of carbonyl (C=O) groups excluding carboxylic acids is 1. The molecule has 2 saturated carbocycles. The van der Waals surface area contributed by atoms with Crippen LogP contribution in [-0.4, -0.2) is 37.2 Å². The Morgan fingerprint density at radius 3 is 2.47 bits per heavy atom. The fourth-order valence-corrected chi connectivity index (χ4v) is 3.31. The van der Waals surface area contributed by atoms with Gasteiger partial charge in [0, 0.05) is 19.2 Å². The van der Waals surface area contributed by atoms with Crippen molar-refractivity contribution in [1.29, 1.82) is 0 Å². The highest BCUT2D eigenvalue weighted by molar-refractivity contribution is 5.81. The lowest BCUT2D eigenvalue weighted by Gasteiger charge is -2.26. The van der Waals surface area contributed by atoms with Gasteiger partial charge < -0.3 is 15.4 Å². The van der Waals surface area contributed by atoms with Crippen LogP contribution in [0.25, 0.3) is 0 Å². The van der Waals surface area contributed by atoms with Crippen molar-refractivity contribution in [3.63, 3.8) is 0 Å². The largest absolute Gasteiger partial charge is 0.381 e. The third-order valence-corrected chi connectivity index (χ3v) is 4.55. The second kappa shape index (κ2) is 7.25. The molecule has 110 valence electrons. The average Bonchev–Trinajstić information content (AvgIpc) is 2.87. The molecule has 1 amide bonds. The van der Waals surface area contributed by atoms with E-state index in [2.05, 4.69) is 10.6 Å². The van der Waals surface area contributed by atoms with Crippen molar-refractivity contribution in [2.75, 3.05) is 7.11 Å². The van der Waals surface area contributed by atoms with Gasteiger partial charge >= 0.3 is 0 Å². The number of carbonyl (C=O) groups is 1. The molecule has 0 aromatic carbocycles. The summed E-state index contributed by atoms with van der Waals surface area (Å²) in [5.74, 6) is 0.160. The summed E-state index contributed by atoms with van der Waals surface area (Å²) < 4.78 is 5.36. The van der Waals surface area contributed by atoms with Crippen molar-refractivity contribution in [2.24, 2.45) is 0 Å². The van der Waals surface area contributed by atoms with E-state index in [1.807, 2.05) is 6.92 Å². The smallest absolute Gasteiger partial charge is 0.237 e. The van der Waals surface area contributed by atoms with Crippen LogP contribution in [0.2, 0.25) is 0 Å². The Kier molecular flexibility index (Phi) is 5.64. The molecular weight excluding hydrogens is 240 g/mol. The number of nitrogens with one attached hydrogen (secondary N) is 2. The summed E-state index contributed by atoms with van der Waals surface area (Å²) >= 11 is 0. The Hall–Kier alpha value is -0.610. The maximum absolute atomic E-state index is 12.1. The van der Waals surface area contributed by atoms with Crippen molar-refractivity contribution in [1.82, 2.24) is 10.6 Å². The van der Waals surface area contributed by atoms with Crippen molar-refractivity contribution < 1.29 is 9.53 Å². The number of hydrogen-bond acceptors (Lipinski definition) is 3. The molecule has 19 heavy (non-hydrogen) atoms. The zero-order chi connectivity index (χ0) is 13.7. The Morgan fingerprint density at radius 1 is 1.11 bits per heavy atom. The Labute approximate surface area is 116 Å². The predicted octanol–water partition coefficient (Wildman–Crippen LogP) is 1.98. The number of hydrogen-bond donors (Lipinski definition) is 2. The summed E-state index contributed by atoms with van der Waals surface area (Å²) in [6, 6.07) is 0.736. The number of methoxy groups -OCH3 is 1. The van der Waals surface area contributed by atoms with Gasteiger partial charge in [-0.05, 0) is 39.0 Å². The third-order valence-electron chi connectivity index (χ3n) is 4.55. The van der Waals surface area contributed by atoms with E-state index in [1.165, 1.54) is 19.3 Å². The Morgan fingerprint density at radius 2 is 1.84 bits per heavy atom. The molecule has 0 saturated heterocycles. The zero-order valence-electron chi connectivity index (χ0n) is 12.3. The maximum Gasteiger partial charge on any atom is 0.237 e. The average molecular weight is 268 g/mol. The summed E-state index contributed by atoms with van der Waals surface area (Å²) in [5.41, 5.74) is 0. The fraction of sp³-hybridized carbons (Fsp3) is 0.933. The van der Waals surface area contributed by atoms with Crippen LogP contribution in [0.4, 0.5) is 0 Å². The van der Waals surface area contributed by atoms with Crippen molar-refractivity contribution in [2.45, 2.75) is 82.5 Å². The van der Waals surface area contributed by atoms with E-state index in [-0.39, 0.29) is 11.9 Å². The highest BCUT2D eigenvalue weighted by Gasteiger charge is 2.27. The first-order valence-corrected chi connectivity index (χ1v) is 7.78. The van der Waals surface area contributed by atoms with E-state index in [0.29, 0.717) is 18.2 Å². The molecule has 0 heterocycles. The van der Waals surface area contributed by atoms with E-state index in [0.717, 1.165) is 32.1 Å². The molecule has 0 radical (unpaired) electrons. The molecule has 2 N–H and O–H groups in total. The van der Waals surface area contributed by atoms with Gasteiger partial charge in [-0.25, -0.2) is 0 Å². The summed E-state index contributed by atoms with van der Waals surface area (Å²) in [6.45, 7) is 1.97. The first-order valence-electron chi connectivity index (χ1n) is 7.78. The standard InChI is InChI=1S/C15H28N2O2/c1-11(16-13-8-9-14(10-13)19-2)15(18)17-12-6-4-3-5-7-12/h11-14,16H,3-10H2,1-2H3,(H,17,18). The van der Waals surface area contributed by atoms with Crippen LogP contribution in [0, 0.1) is 0 Å². The van der Waals surface area contributed by atoms with Gasteiger partial charge in [-0.15, -0.1) is 0 Å². The lowest BCUT2D eigenvalue weighted by atomic mass is 9.95. The molecule has 2 rings (SSSR count). The van der Waals surface area contributed by atoms with E-state index in [9.17, 15) is 4.79 Å². The normalized spacial score (nSPS) is 30.2. The zero-order valence-corrected chi connectivity index (χ0v) is 12.3. The van der Waals surface area contributed by atoms with E-state index < -0.39 is 0 Å². The maximum atomic E-state index is 12.1. The molecule has 2 aliphatic rings. The van der Waals surface area contributed by atoms with Crippen molar-refractivity contribution in [3.8, 4) is 0 Å². The summed E-state index contributed by atoms with van der Waals surface area (Å²) in [4.78, 5) is 12.1. The van der Waals surface area contributed by atoms with Gasteiger partial charge in [-0.2, -0.15) is 0 Å². The lowest BCUT2D eigenvalue weighted by molar-refractivity contribution is -0.123. The van der Waals surface area contributed by atoms with Crippen LogP contribution < -0.4 is 10.6 Å². The first kappa shape index (κ1) is 14.8. The highest BCUT2D eigenvalue weighted by atomic mass is 16.5. The molecule has 2 aliphatic carbocycles. The highest BCUT2D eigenvalue weighted by Crippen LogP contribution is 2.22. The molecule has 2 fully saturated rings. The quantitative estimate of drug-likeness (QED) is 0.801. The molecule has 3 unspecified atom stereocenters. The van der Waals surface area contributed by atoms with Gasteiger partial charge in [0.05, 0.1) is 12.1 Å². The Bertz CT molecular complexity index is 290. The third kappa shape index (κ3) is 4.46. The summed E-state index contributed by atoms with van der Waals surface area (Å²) in [5, 5.41) is 6.63. The lowest BCUT2D eigenvalue weighted by Crippen LogP contribution is -2.49. The minimum Gasteiger partial charge on any atom is -0.381 e. The second-order valence-electron chi connectivity index (χ2n) is 6.10. The van der Waals surface area contributed by atoms with Crippen LogP contribution in [0.5, 0.6) is 0 Å². The Balaban J connectivity index is 1.70. The van der Waals surface area contributed by atoms with Gasteiger partial charge in [0.15, 0.2) is 0 Å². The molecule has 0 aromatic heterocycles. The minimum absolute atomic E-state index is 0.0949. The van der Waals surface area contributed by atoms with Gasteiger partial charge in [-0.1, -0.05) is 19.3 Å². The fourth-order valence-electron chi connectivity index (χ4n) is 3.31. The number of ether oxygens (including phenoxy) is 1. The van der Waals surface area contributed by atoms with Crippen molar-refractivity contribution >= 4 is 5.91 Å². The molecule has 0 bridgehead atoms. The number of rotatable bonds is 5. The molecule has 0 spiro atoms. The summed E-state index contributed by atoms with van der Waals surface area (Å²) in [6.07, 6.45) is 9.73. The topological polar surface area (TPSA) is 50.4 Å². The molecule has 3 atom stereocenters. The van der Waals surface area contributed by atoms with Crippen LogP contribution in [-0.2, 0) is 9.53 Å². The second-order valence-corrected chi connectivity index (χ2v) is 6.10. The summed E-state index contributed by atoms with van der Waals surface area (Å²) in [7, 11) is 1.77. The van der Waals surface area contributed by atoms with Gasteiger partial charge in [0.25, 0.3) is 0 Å². The van der Waals surface area contributed by atoms with Gasteiger partial charge in [-0.3, -0.25) is 4.79 Å². The molecular formula is C15H28N2O2. The van der Waals surface area contributed by atoms with Crippen molar-refractivity contribution in [3.05, 3.63) is 0 Å². The molecule has 4 heteroatoms. The van der Waals surface area contributed by atoms with Crippen LogP contribution >= 0.6 is 0 Å². The first-order chi connectivity index (χ1) is 9.19. The predicted molar refractivity (Wildman–Crippen MR) is 76.0 cm³/mol. The van der Waals surface area contributed by atoms with E-state index in [4.69, 9.17) is 4.74 Å². The van der Waals surface area contributed by atoms with Gasteiger partial charge in [0.2, 0.25) is 5.91 Å². The monoisotopic (exact) mass is 268 g/mol. The number of amides is 1.